The Kier molecular flexibility index (Phi) is 10.9. The molecule has 0 aliphatic rings. The molecule has 14 heavy (non-hydrogen) atoms. The van der Waals surface area contributed by atoms with Crippen LogP contribution in [0.5, 0.6) is 0 Å². The molecule has 0 radical (unpaired) electrons. The van der Waals surface area contributed by atoms with Gasteiger partial charge in [-0.1, -0.05) is 13.3 Å². The van der Waals surface area contributed by atoms with Crippen LogP contribution in [0.4, 0.5) is 0 Å². The van der Waals surface area contributed by atoms with E-state index in [1.54, 1.807) is 7.11 Å². The van der Waals surface area contributed by atoms with Gasteiger partial charge in [0.15, 0.2) is 0 Å². The van der Waals surface area contributed by atoms with Crippen LogP contribution >= 0.6 is 0 Å². The van der Waals surface area contributed by atoms with Crippen molar-refractivity contribution in [3.05, 3.63) is 0 Å². The van der Waals surface area contributed by atoms with Gasteiger partial charge in [0.2, 0.25) is 0 Å². The fourth-order valence-electron chi connectivity index (χ4n) is 1.54. The number of hydrogen-bond donors (Lipinski definition) is 1. The second kappa shape index (κ2) is 11.0. The quantitative estimate of drug-likeness (QED) is 0.548. The largest absolute Gasteiger partial charge is 0.382 e. The number of rotatable bonds is 10. The maximum Gasteiger partial charge on any atom is 0.0700 e. The van der Waals surface area contributed by atoms with E-state index >= 15 is 0 Å². The van der Waals surface area contributed by atoms with Crippen molar-refractivity contribution in [3.8, 4) is 0 Å². The third kappa shape index (κ3) is 8.48. The molecule has 0 saturated carbocycles. The maximum atomic E-state index is 5.44. The molecular weight excluding hydrogens is 178 g/mol. The molecule has 0 saturated heterocycles. The van der Waals surface area contributed by atoms with Crippen molar-refractivity contribution in [3.63, 3.8) is 0 Å². The van der Waals surface area contributed by atoms with Crippen LogP contribution in [-0.2, 0) is 9.47 Å². The summed E-state index contributed by atoms with van der Waals surface area (Å²) in [6.45, 7) is 5.60. The molecule has 0 bridgehead atoms. The van der Waals surface area contributed by atoms with Crippen LogP contribution in [0.2, 0.25) is 0 Å². The van der Waals surface area contributed by atoms with Crippen molar-refractivity contribution in [1.29, 1.82) is 0 Å². The van der Waals surface area contributed by atoms with Crippen LogP contribution in [0, 0.1) is 5.92 Å². The van der Waals surface area contributed by atoms with Crippen LogP contribution in [0.1, 0.15) is 26.2 Å². The molecule has 0 fully saturated rings. The van der Waals surface area contributed by atoms with Gasteiger partial charge in [0, 0.05) is 13.7 Å². The summed E-state index contributed by atoms with van der Waals surface area (Å²) in [5, 5.41) is 3.22. The molecule has 0 amide bonds. The lowest BCUT2D eigenvalue weighted by Crippen LogP contribution is -2.20. The van der Waals surface area contributed by atoms with E-state index in [1.165, 1.54) is 12.8 Å². The van der Waals surface area contributed by atoms with Gasteiger partial charge in [-0.05, 0) is 32.4 Å². The standard InChI is InChI=1S/C11H25NO2/c1-4-5-11(10-12-2)6-7-14-9-8-13-3/h11-12H,4-10H2,1-3H3. The summed E-state index contributed by atoms with van der Waals surface area (Å²) in [6.07, 6.45) is 3.69. The van der Waals surface area contributed by atoms with Crippen LogP contribution in [0.15, 0.2) is 0 Å². The Morgan fingerprint density at radius 2 is 1.93 bits per heavy atom. The van der Waals surface area contributed by atoms with Crippen molar-refractivity contribution in [2.24, 2.45) is 5.92 Å². The summed E-state index contributed by atoms with van der Waals surface area (Å²) in [5.41, 5.74) is 0. The number of ether oxygens (including phenoxy) is 2. The van der Waals surface area contributed by atoms with Gasteiger partial charge in [0.1, 0.15) is 0 Å². The molecule has 0 aliphatic heterocycles. The minimum absolute atomic E-state index is 0.699. The number of methoxy groups -OCH3 is 1. The summed E-state index contributed by atoms with van der Waals surface area (Å²) in [7, 11) is 3.71. The average molecular weight is 203 g/mol. The van der Waals surface area contributed by atoms with Crippen LogP contribution in [0.3, 0.4) is 0 Å². The molecule has 0 aromatic heterocycles. The predicted molar refractivity (Wildman–Crippen MR) is 59.6 cm³/mol. The van der Waals surface area contributed by atoms with E-state index in [-0.39, 0.29) is 0 Å². The molecule has 0 rings (SSSR count). The van der Waals surface area contributed by atoms with E-state index in [0.717, 1.165) is 32.1 Å². The Morgan fingerprint density at radius 3 is 2.50 bits per heavy atom. The highest BCUT2D eigenvalue weighted by Crippen LogP contribution is 2.09. The van der Waals surface area contributed by atoms with Gasteiger partial charge in [0.05, 0.1) is 13.2 Å². The first kappa shape index (κ1) is 13.9. The van der Waals surface area contributed by atoms with E-state index in [2.05, 4.69) is 12.2 Å². The third-order valence-electron chi connectivity index (χ3n) is 2.29. The normalized spacial score (nSPS) is 13.1. The Labute approximate surface area is 88.2 Å². The molecule has 0 aromatic carbocycles. The highest BCUT2D eigenvalue weighted by atomic mass is 16.5. The Hall–Kier alpha value is -0.120. The lowest BCUT2D eigenvalue weighted by Gasteiger charge is -2.15. The van der Waals surface area contributed by atoms with Gasteiger partial charge in [-0.25, -0.2) is 0 Å². The molecule has 1 unspecified atom stereocenters. The molecule has 86 valence electrons. The van der Waals surface area contributed by atoms with Crippen molar-refractivity contribution in [2.75, 3.05) is 40.5 Å². The SMILES string of the molecule is CCCC(CCOCCOC)CNC. The van der Waals surface area contributed by atoms with E-state index in [9.17, 15) is 0 Å². The zero-order chi connectivity index (χ0) is 10.6. The van der Waals surface area contributed by atoms with Crippen molar-refractivity contribution < 1.29 is 9.47 Å². The highest BCUT2D eigenvalue weighted by Gasteiger charge is 2.05. The van der Waals surface area contributed by atoms with E-state index in [0.29, 0.717) is 6.61 Å². The first-order valence-corrected chi connectivity index (χ1v) is 5.56. The van der Waals surface area contributed by atoms with Crippen molar-refractivity contribution in [1.82, 2.24) is 5.32 Å². The minimum Gasteiger partial charge on any atom is -0.382 e. The predicted octanol–water partition coefficient (Wildman–Crippen LogP) is 1.68. The van der Waals surface area contributed by atoms with E-state index in [4.69, 9.17) is 9.47 Å². The topological polar surface area (TPSA) is 30.5 Å². The first-order chi connectivity index (χ1) is 6.85. The molecule has 1 N–H and O–H groups in total. The fraction of sp³-hybridized carbons (Fsp3) is 1.00. The summed E-state index contributed by atoms with van der Waals surface area (Å²) in [5.74, 6) is 0.757. The Morgan fingerprint density at radius 1 is 1.14 bits per heavy atom. The zero-order valence-electron chi connectivity index (χ0n) is 9.84. The lowest BCUT2D eigenvalue weighted by atomic mass is 10.0. The molecule has 3 nitrogen and oxygen atoms in total. The zero-order valence-corrected chi connectivity index (χ0v) is 9.84. The Balaban J connectivity index is 3.30. The van der Waals surface area contributed by atoms with Crippen molar-refractivity contribution >= 4 is 0 Å². The third-order valence-corrected chi connectivity index (χ3v) is 2.29. The van der Waals surface area contributed by atoms with Crippen LogP contribution in [0.25, 0.3) is 0 Å². The van der Waals surface area contributed by atoms with Crippen LogP contribution < -0.4 is 5.32 Å². The Bertz CT molecular complexity index is 103. The molecule has 3 heteroatoms. The molecule has 0 spiro atoms. The average Bonchev–Trinajstić information content (AvgIpc) is 2.18. The molecule has 0 heterocycles. The maximum absolute atomic E-state index is 5.44. The molecule has 0 aromatic rings. The van der Waals surface area contributed by atoms with Gasteiger partial charge in [-0.15, -0.1) is 0 Å². The van der Waals surface area contributed by atoms with Gasteiger partial charge in [-0.2, -0.15) is 0 Å². The second-order valence-corrected chi connectivity index (χ2v) is 3.61. The molecule has 1 atom stereocenters. The monoisotopic (exact) mass is 203 g/mol. The van der Waals surface area contributed by atoms with Gasteiger partial charge in [-0.3, -0.25) is 0 Å². The molecular formula is C11H25NO2. The number of hydrogen-bond acceptors (Lipinski definition) is 3. The fourth-order valence-corrected chi connectivity index (χ4v) is 1.54. The van der Waals surface area contributed by atoms with Crippen LogP contribution in [-0.4, -0.2) is 40.5 Å². The van der Waals surface area contributed by atoms with Crippen molar-refractivity contribution in [2.45, 2.75) is 26.2 Å². The summed E-state index contributed by atoms with van der Waals surface area (Å²) >= 11 is 0. The smallest absolute Gasteiger partial charge is 0.0700 e. The van der Waals surface area contributed by atoms with E-state index < -0.39 is 0 Å². The summed E-state index contributed by atoms with van der Waals surface area (Å²) in [4.78, 5) is 0. The second-order valence-electron chi connectivity index (χ2n) is 3.61. The first-order valence-electron chi connectivity index (χ1n) is 5.56. The summed E-state index contributed by atoms with van der Waals surface area (Å²) in [6, 6.07) is 0. The minimum atomic E-state index is 0.699. The summed E-state index contributed by atoms with van der Waals surface area (Å²) < 4.78 is 10.4. The number of nitrogens with one attached hydrogen (secondary N) is 1. The molecule has 0 aliphatic carbocycles. The highest BCUT2D eigenvalue weighted by molar-refractivity contribution is 4.60. The lowest BCUT2D eigenvalue weighted by molar-refractivity contribution is 0.0632. The van der Waals surface area contributed by atoms with E-state index in [1.807, 2.05) is 7.05 Å². The van der Waals surface area contributed by atoms with Gasteiger partial charge >= 0.3 is 0 Å². The van der Waals surface area contributed by atoms with Gasteiger partial charge < -0.3 is 14.8 Å². The van der Waals surface area contributed by atoms with Gasteiger partial charge in [0.25, 0.3) is 0 Å².